The van der Waals surface area contributed by atoms with Gasteiger partial charge in [0.05, 0.1) is 12.2 Å². The summed E-state index contributed by atoms with van der Waals surface area (Å²) >= 11 is 0. The number of carbonyl (C=O) groups is 1. The Bertz CT molecular complexity index is 1020. The van der Waals surface area contributed by atoms with Crippen molar-refractivity contribution in [2.24, 2.45) is 0 Å². The predicted octanol–water partition coefficient (Wildman–Crippen LogP) is 3.56. The third-order valence-corrected chi connectivity index (χ3v) is 7.72. The molecule has 6 nitrogen and oxygen atoms in total. The van der Waals surface area contributed by atoms with Crippen molar-refractivity contribution in [2.45, 2.75) is 69.7 Å². The first kappa shape index (κ1) is 22.3. The molecule has 176 valence electrons. The summed E-state index contributed by atoms with van der Waals surface area (Å²) in [4.78, 5) is 35.2. The Morgan fingerprint density at radius 2 is 1.73 bits per heavy atom. The van der Waals surface area contributed by atoms with Crippen LogP contribution in [0.5, 0.6) is 0 Å². The van der Waals surface area contributed by atoms with Crippen LogP contribution in [0.1, 0.15) is 73.9 Å². The molecular formula is C27H36N4O2. The van der Waals surface area contributed by atoms with Crippen LogP contribution in [0.15, 0.2) is 41.2 Å². The maximum Gasteiger partial charge on any atom is 0.253 e. The van der Waals surface area contributed by atoms with Gasteiger partial charge in [-0.25, -0.2) is 4.98 Å². The van der Waals surface area contributed by atoms with Crippen molar-refractivity contribution in [1.82, 2.24) is 19.4 Å². The van der Waals surface area contributed by atoms with Crippen molar-refractivity contribution in [2.75, 3.05) is 32.7 Å². The number of piperidine rings is 2. The zero-order valence-electron chi connectivity index (χ0n) is 19.6. The number of hydrogen-bond acceptors (Lipinski definition) is 4. The van der Waals surface area contributed by atoms with Crippen LogP contribution >= 0.6 is 0 Å². The van der Waals surface area contributed by atoms with E-state index in [0.717, 1.165) is 82.6 Å². The normalized spacial score (nSPS) is 24.2. The van der Waals surface area contributed by atoms with Gasteiger partial charge in [0, 0.05) is 44.6 Å². The molecule has 0 bridgehead atoms. The first-order valence-electron chi connectivity index (χ1n) is 12.8. The lowest BCUT2D eigenvalue weighted by Crippen LogP contribution is -2.47. The molecular weight excluding hydrogens is 412 g/mol. The van der Waals surface area contributed by atoms with E-state index in [1.54, 1.807) is 6.07 Å². The molecule has 0 unspecified atom stereocenters. The first-order chi connectivity index (χ1) is 16.2. The number of rotatable bonds is 4. The quantitative estimate of drug-likeness (QED) is 0.718. The van der Waals surface area contributed by atoms with E-state index in [9.17, 15) is 9.59 Å². The van der Waals surface area contributed by atoms with Crippen molar-refractivity contribution >= 4 is 5.91 Å². The highest BCUT2D eigenvalue weighted by Gasteiger charge is 2.29. The molecule has 0 N–H and O–H groups in total. The van der Waals surface area contributed by atoms with E-state index in [1.807, 2.05) is 9.47 Å². The highest BCUT2D eigenvalue weighted by Crippen LogP contribution is 2.28. The largest absolute Gasteiger partial charge is 0.341 e. The zero-order chi connectivity index (χ0) is 22.6. The number of nitrogens with zero attached hydrogens (tertiary/aromatic N) is 4. The molecule has 2 atom stereocenters. The molecule has 33 heavy (non-hydrogen) atoms. The second kappa shape index (κ2) is 10.2. The van der Waals surface area contributed by atoms with Gasteiger partial charge in [0.25, 0.3) is 5.56 Å². The summed E-state index contributed by atoms with van der Waals surface area (Å²) in [5.74, 6) is 1.85. The Morgan fingerprint density at radius 3 is 2.61 bits per heavy atom. The van der Waals surface area contributed by atoms with Crippen molar-refractivity contribution in [3.8, 4) is 0 Å². The molecule has 3 aliphatic rings. The van der Waals surface area contributed by atoms with Gasteiger partial charge in [0.15, 0.2) is 0 Å². The zero-order valence-corrected chi connectivity index (χ0v) is 19.6. The fourth-order valence-corrected chi connectivity index (χ4v) is 5.88. The van der Waals surface area contributed by atoms with Gasteiger partial charge in [-0.05, 0) is 56.6 Å². The number of aromatic nitrogens is 2. The van der Waals surface area contributed by atoms with Crippen LogP contribution in [0.2, 0.25) is 0 Å². The summed E-state index contributed by atoms with van der Waals surface area (Å²) in [5, 5.41) is 0. The van der Waals surface area contributed by atoms with Crippen LogP contribution in [0.25, 0.3) is 0 Å². The molecule has 1 amide bonds. The van der Waals surface area contributed by atoms with Gasteiger partial charge >= 0.3 is 0 Å². The fraction of sp³-hybridized carbons (Fsp3) is 0.593. The maximum atomic E-state index is 13.2. The molecule has 2 saturated heterocycles. The number of carbonyl (C=O) groups excluding carboxylic acids is 1. The summed E-state index contributed by atoms with van der Waals surface area (Å²) in [6.45, 7) is 4.73. The third-order valence-electron chi connectivity index (χ3n) is 7.72. The maximum absolute atomic E-state index is 13.2. The average Bonchev–Trinajstić information content (AvgIpc) is 3.11. The molecule has 6 heteroatoms. The predicted molar refractivity (Wildman–Crippen MR) is 129 cm³/mol. The molecule has 0 radical (unpaired) electrons. The number of amides is 1. The van der Waals surface area contributed by atoms with Gasteiger partial charge in [-0.15, -0.1) is 0 Å². The molecule has 4 heterocycles. The topological polar surface area (TPSA) is 58.4 Å². The minimum absolute atomic E-state index is 0.0839. The summed E-state index contributed by atoms with van der Waals surface area (Å²) in [6.07, 6.45) is 8.51. The van der Waals surface area contributed by atoms with Crippen LogP contribution in [0.4, 0.5) is 0 Å². The minimum atomic E-state index is 0.0839. The Kier molecular flexibility index (Phi) is 6.91. The third kappa shape index (κ3) is 5.21. The molecule has 3 aliphatic heterocycles. The lowest BCUT2D eigenvalue weighted by molar-refractivity contribution is -0.134. The first-order valence-corrected chi connectivity index (χ1v) is 12.8. The van der Waals surface area contributed by atoms with E-state index >= 15 is 0 Å². The van der Waals surface area contributed by atoms with E-state index in [2.05, 4.69) is 35.2 Å². The summed E-state index contributed by atoms with van der Waals surface area (Å²) in [6, 6.07) is 12.4. The minimum Gasteiger partial charge on any atom is -0.341 e. The van der Waals surface area contributed by atoms with Gasteiger partial charge in [0.1, 0.15) is 5.82 Å². The molecule has 0 saturated carbocycles. The molecule has 0 aliphatic carbocycles. The lowest BCUT2D eigenvalue weighted by Gasteiger charge is -2.36. The van der Waals surface area contributed by atoms with Gasteiger partial charge in [0.2, 0.25) is 5.91 Å². The van der Waals surface area contributed by atoms with Gasteiger partial charge < -0.3 is 4.90 Å². The molecule has 2 fully saturated rings. The van der Waals surface area contributed by atoms with Crippen molar-refractivity contribution in [1.29, 1.82) is 0 Å². The van der Waals surface area contributed by atoms with Crippen molar-refractivity contribution < 1.29 is 4.79 Å². The van der Waals surface area contributed by atoms with Crippen LogP contribution in [-0.4, -0.2) is 58.0 Å². The van der Waals surface area contributed by atoms with Crippen LogP contribution in [0.3, 0.4) is 0 Å². The molecule has 2 aromatic rings. The van der Waals surface area contributed by atoms with Crippen LogP contribution < -0.4 is 5.56 Å². The second-order valence-corrected chi connectivity index (χ2v) is 10.1. The van der Waals surface area contributed by atoms with E-state index in [4.69, 9.17) is 4.98 Å². The van der Waals surface area contributed by atoms with Crippen molar-refractivity contribution in [3.05, 3.63) is 63.8 Å². The molecule has 5 rings (SSSR count). The molecule has 1 aromatic heterocycles. The van der Waals surface area contributed by atoms with Gasteiger partial charge in [-0.1, -0.05) is 36.8 Å². The number of hydrogen-bond donors (Lipinski definition) is 0. The Hall–Kier alpha value is -2.47. The molecule has 0 spiro atoms. The lowest BCUT2D eigenvalue weighted by atomic mass is 9.90. The van der Waals surface area contributed by atoms with Crippen LogP contribution in [-0.2, 0) is 17.8 Å². The number of benzene rings is 1. The number of aryl methyl sites for hydroxylation is 1. The van der Waals surface area contributed by atoms with Crippen molar-refractivity contribution in [3.63, 3.8) is 0 Å². The number of likely N-dealkylation sites (tertiary alicyclic amines) is 2. The van der Waals surface area contributed by atoms with Gasteiger partial charge in [-0.3, -0.25) is 19.1 Å². The summed E-state index contributed by atoms with van der Waals surface area (Å²) in [7, 11) is 0. The second-order valence-electron chi connectivity index (χ2n) is 10.1. The van der Waals surface area contributed by atoms with Gasteiger partial charge in [-0.2, -0.15) is 0 Å². The van der Waals surface area contributed by atoms with E-state index in [0.29, 0.717) is 19.0 Å². The molecule has 1 aromatic carbocycles. The monoisotopic (exact) mass is 448 g/mol. The summed E-state index contributed by atoms with van der Waals surface area (Å²) in [5.41, 5.74) is 2.36. The van der Waals surface area contributed by atoms with E-state index < -0.39 is 0 Å². The van der Waals surface area contributed by atoms with E-state index in [-0.39, 0.29) is 17.4 Å². The number of fused-ring (bicyclic) bond motifs is 1. The van der Waals surface area contributed by atoms with Crippen LogP contribution in [0, 0.1) is 0 Å². The highest BCUT2D eigenvalue weighted by molar-refractivity contribution is 5.78. The highest BCUT2D eigenvalue weighted by atomic mass is 16.2. The Labute approximate surface area is 196 Å². The standard InChI is InChI=1S/C27H36N4O2/c32-26-17-24(28-25-13-5-2-6-16-31(25)26)23-12-8-15-30(19-23)27(33)20-29-14-7-11-22(18-29)21-9-3-1-4-10-21/h1,3-4,9-10,17,22-23H,2,5-8,11-16,18-20H2/t22-,23-/m0/s1. The summed E-state index contributed by atoms with van der Waals surface area (Å²) < 4.78 is 1.86. The Balaban J connectivity index is 1.23. The average molecular weight is 449 g/mol. The van der Waals surface area contributed by atoms with E-state index in [1.165, 1.54) is 12.0 Å². The fourth-order valence-electron chi connectivity index (χ4n) is 5.88. The smallest absolute Gasteiger partial charge is 0.253 e. The SMILES string of the molecule is O=C(CN1CCC[C@H](c2ccccc2)C1)N1CCC[C@H](c2cc(=O)n3c(n2)CCCCC3)C1. The Morgan fingerprint density at radius 1 is 0.909 bits per heavy atom.